The molecular formula is C35H41ClFN5O2Si. The molecule has 6 rings (SSSR count). The highest BCUT2D eigenvalue weighted by Gasteiger charge is 2.42. The minimum atomic E-state index is -1.87. The summed E-state index contributed by atoms with van der Waals surface area (Å²) in [5, 5.41) is 8.90. The summed E-state index contributed by atoms with van der Waals surface area (Å²) >= 11 is 6.78. The topological polar surface area (TPSA) is 69.2 Å². The first-order valence-electron chi connectivity index (χ1n) is 15.5. The number of halogens is 2. The van der Waals surface area contributed by atoms with E-state index in [2.05, 4.69) is 62.1 Å². The van der Waals surface area contributed by atoms with Crippen LogP contribution in [-0.2, 0) is 18.0 Å². The number of likely N-dealkylation sites (N-methyl/N-ethyl adjacent to an activating group) is 1. The Balaban J connectivity index is 1.26. The van der Waals surface area contributed by atoms with Gasteiger partial charge in [-0.25, -0.2) is 9.37 Å². The van der Waals surface area contributed by atoms with Crippen molar-refractivity contribution in [2.24, 2.45) is 7.05 Å². The van der Waals surface area contributed by atoms with Crippen LogP contribution in [0.25, 0.3) is 45.1 Å². The Hall–Kier alpha value is -3.37. The fraction of sp³-hybridized carbons (Fsp3) is 0.400. The summed E-state index contributed by atoms with van der Waals surface area (Å²) < 4.78 is 29.2. The van der Waals surface area contributed by atoms with Crippen molar-refractivity contribution in [2.75, 3.05) is 7.05 Å². The highest BCUT2D eigenvalue weighted by molar-refractivity contribution is 6.74. The molecule has 45 heavy (non-hydrogen) atoms. The predicted molar refractivity (Wildman–Crippen MR) is 181 cm³/mol. The summed E-state index contributed by atoms with van der Waals surface area (Å²) in [7, 11) is 2.15. The van der Waals surface area contributed by atoms with Gasteiger partial charge in [0.1, 0.15) is 17.7 Å². The molecule has 0 bridgehead atoms. The molecule has 2 aromatic heterocycles. The summed E-state index contributed by atoms with van der Waals surface area (Å²) in [5.74, 6) is 0.714. The third kappa shape index (κ3) is 6.36. The molecular weight excluding hydrogens is 605 g/mol. The fourth-order valence-electron chi connectivity index (χ4n) is 6.07. The summed E-state index contributed by atoms with van der Waals surface area (Å²) in [4.78, 5) is 7.27. The first-order valence-corrected chi connectivity index (χ1v) is 18.8. The van der Waals surface area contributed by atoms with E-state index in [-0.39, 0.29) is 17.0 Å². The van der Waals surface area contributed by atoms with Crippen LogP contribution in [0.4, 0.5) is 4.39 Å². The van der Waals surface area contributed by atoms with Crippen LogP contribution in [0.15, 0.2) is 65.3 Å². The molecule has 7 nitrogen and oxygen atoms in total. The van der Waals surface area contributed by atoms with E-state index in [1.165, 1.54) is 18.6 Å². The van der Waals surface area contributed by atoms with E-state index in [1.54, 1.807) is 17.0 Å². The average Bonchev–Trinajstić information content (AvgIpc) is 3.72. The fourth-order valence-corrected chi connectivity index (χ4v) is 7.73. The maximum atomic E-state index is 14.3. The second kappa shape index (κ2) is 12.1. The smallest absolute Gasteiger partial charge is 0.227 e. The van der Waals surface area contributed by atoms with E-state index in [0.717, 1.165) is 41.6 Å². The molecule has 1 saturated carbocycles. The Labute approximate surface area is 270 Å². The third-order valence-corrected chi connectivity index (χ3v) is 14.3. The molecule has 236 valence electrons. The van der Waals surface area contributed by atoms with Crippen LogP contribution in [0.2, 0.25) is 23.2 Å². The minimum Gasteiger partial charge on any atom is -0.435 e. The maximum absolute atomic E-state index is 14.3. The van der Waals surface area contributed by atoms with E-state index < -0.39 is 8.32 Å². The molecule has 0 amide bonds. The van der Waals surface area contributed by atoms with Gasteiger partial charge in [-0.15, -0.1) is 10.2 Å². The number of fused-ring (bicyclic) bond motifs is 1. The van der Waals surface area contributed by atoms with Gasteiger partial charge in [0.25, 0.3) is 0 Å². The Bertz CT molecular complexity index is 1850. The van der Waals surface area contributed by atoms with E-state index >= 15 is 0 Å². The largest absolute Gasteiger partial charge is 0.435 e. The molecule has 2 atom stereocenters. The quantitative estimate of drug-likeness (QED) is 0.157. The molecule has 2 heterocycles. The molecule has 1 aliphatic rings. The lowest BCUT2D eigenvalue weighted by Crippen LogP contribution is -2.48. The van der Waals surface area contributed by atoms with Gasteiger partial charge in [0.05, 0.1) is 11.1 Å². The summed E-state index contributed by atoms with van der Waals surface area (Å²) in [6.07, 6.45) is 5.26. The number of hydrogen-bond donors (Lipinski definition) is 0. The zero-order valence-electron chi connectivity index (χ0n) is 27.1. The second-order valence-electron chi connectivity index (χ2n) is 13.8. The van der Waals surface area contributed by atoms with Crippen LogP contribution in [-0.4, -0.2) is 52.2 Å². The lowest BCUT2D eigenvalue weighted by Gasteiger charge is -2.41. The van der Waals surface area contributed by atoms with Gasteiger partial charge < -0.3 is 13.4 Å². The third-order valence-electron chi connectivity index (χ3n) is 9.53. The van der Waals surface area contributed by atoms with Crippen molar-refractivity contribution < 1.29 is 13.2 Å². The normalized spacial score (nSPS) is 17.6. The van der Waals surface area contributed by atoms with Crippen molar-refractivity contribution in [3.8, 4) is 34.0 Å². The van der Waals surface area contributed by atoms with Gasteiger partial charge in [-0.3, -0.25) is 4.90 Å². The molecule has 0 aliphatic heterocycles. The van der Waals surface area contributed by atoms with Crippen LogP contribution < -0.4 is 0 Å². The van der Waals surface area contributed by atoms with Crippen LogP contribution in [0.5, 0.6) is 0 Å². The van der Waals surface area contributed by atoms with Crippen LogP contribution in [0, 0.1) is 5.82 Å². The zero-order chi connectivity index (χ0) is 32.1. The molecule has 3 aromatic carbocycles. The van der Waals surface area contributed by atoms with E-state index in [0.29, 0.717) is 39.4 Å². The van der Waals surface area contributed by atoms with Crippen molar-refractivity contribution in [1.29, 1.82) is 0 Å². The standard InChI is InChI=1S/C35H41ClFN5O2Si/c1-35(2,3)45(6,7)44-31-13-9-12-30(31)41(4)20-22-16-28(36)32-29(17-22)39-34(43-32)24-11-8-10-23(18-24)26-15-14-25(37)19-27(26)33-40-38-21-42(33)5/h8,10-11,14-19,21,30-31H,9,12-13,20H2,1-7H3/t30-,31?/m1/s1. The number of hydrogen-bond acceptors (Lipinski definition) is 6. The molecule has 1 aliphatic carbocycles. The van der Waals surface area contributed by atoms with Crippen LogP contribution in [0.1, 0.15) is 45.6 Å². The highest BCUT2D eigenvalue weighted by Crippen LogP contribution is 2.41. The monoisotopic (exact) mass is 645 g/mol. The summed E-state index contributed by atoms with van der Waals surface area (Å²) in [6, 6.07) is 17.0. The van der Waals surface area contributed by atoms with E-state index in [9.17, 15) is 4.39 Å². The second-order valence-corrected chi connectivity index (χ2v) is 19.0. The molecule has 5 aromatic rings. The maximum Gasteiger partial charge on any atom is 0.227 e. The highest BCUT2D eigenvalue weighted by atomic mass is 35.5. The van der Waals surface area contributed by atoms with E-state index in [1.807, 2.05) is 37.4 Å². The first-order chi connectivity index (χ1) is 21.3. The van der Waals surface area contributed by atoms with Crippen LogP contribution >= 0.6 is 11.6 Å². The molecule has 10 heteroatoms. The Morgan fingerprint density at radius 3 is 2.58 bits per heavy atom. The van der Waals surface area contributed by atoms with Gasteiger partial charge in [-0.05, 0) is 97.5 Å². The summed E-state index contributed by atoms with van der Waals surface area (Å²) in [5.41, 5.74) is 5.52. The lowest BCUT2D eigenvalue weighted by atomic mass is 9.97. The number of aryl methyl sites for hydroxylation is 1. The molecule has 0 radical (unpaired) electrons. The number of nitrogens with zero attached hydrogens (tertiary/aromatic N) is 5. The lowest BCUT2D eigenvalue weighted by molar-refractivity contribution is 0.0898. The Morgan fingerprint density at radius 2 is 1.84 bits per heavy atom. The molecule has 0 spiro atoms. The van der Waals surface area contributed by atoms with Gasteiger partial charge in [0.2, 0.25) is 5.89 Å². The van der Waals surface area contributed by atoms with Crippen molar-refractivity contribution >= 4 is 31.0 Å². The Morgan fingerprint density at radius 1 is 1.07 bits per heavy atom. The average molecular weight is 646 g/mol. The first kappa shape index (κ1) is 31.6. The molecule has 0 N–H and O–H groups in total. The number of aromatic nitrogens is 4. The van der Waals surface area contributed by atoms with Gasteiger partial charge in [-0.1, -0.05) is 50.6 Å². The zero-order valence-corrected chi connectivity index (χ0v) is 28.8. The van der Waals surface area contributed by atoms with Gasteiger partial charge in [0, 0.05) is 30.8 Å². The van der Waals surface area contributed by atoms with Gasteiger partial charge >= 0.3 is 0 Å². The summed E-state index contributed by atoms with van der Waals surface area (Å²) in [6.45, 7) is 12.3. The van der Waals surface area contributed by atoms with Crippen molar-refractivity contribution in [1.82, 2.24) is 24.6 Å². The van der Waals surface area contributed by atoms with Crippen molar-refractivity contribution in [2.45, 2.75) is 76.9 Å². The van der Waals surface area contributed by atoms with Crippen molar-refractivity contribution in [3.63, 3.8) is 0 Å². The van der Waals surface area contributed by atoms with E-state index in [4.69, 9.17) is 25.4 Å². The molecule has 1 fully saturated rings. The minimum absolute atomic E-state index is 0.180. The number of oxazole rings is 1. The number of rotatable bonds is 8. The SMILES string of the molecule is CN(Cc1cc(Cl)c2oc(-c3cccc(-c4ccc(F)cc4-c4nncn4C)c3)nc2c1)[C@@H]1CCCC1O[Si](C)(C)C(C)(C)C. The number of benzene rings is 3. The molecule has 0 saturated heterocycles. The van der Waals surface area contributed by atoms with Crippen LogP contribution in [0.3, 0.4) is 0 Å². The Kier molecular flexibility index (Phi) is 8.49. The van der Waals surface area contributed by atoms with Crippen molar-refractivity contribution in [3.05, 3.63) is 77.3 Å². The predicted octanol–water partition coefficient (Wildman–Crippen LogP) is 9.12. The molecule has 1 unspecified atom stereocenters. The van der Waals surface area contributed by atoms with Gasteiger partial charge in [0.15, 0.2) is 19.7 Å². The van der Waals surface area contributed by atoms with Gasteiger partial charge in [-0.2, -0.15) is 0 Å².